The lowest BCUT2D eigenvalue weighted by atomic mass is 10.1. The van der Waals surface area contributed by atoms with Crippen LogP contribution in [0.15, 0.2) is 29.6 Å². The summed E-state index contributed by atoms with van der Waals surface area (Å²) in [5.41, 5.74) is 0.205. The summed E-state index contributed by atoms with van der Waals surface area (Å²) < 4.78 is 13.8. The first kappa shape index (κ1) is 18.0. The van der Waals surface area contributed by atoms with Crippen molar-refractivity contribution in [1.82, 2.24) is 0 Å². The summed E-state index contributed by atoms with van der Waals surface area (Å²) in [6, 6.07) is 6.25. The highest BCUT2D eigenvalue weighted by atomic mass is 35.5. The molecule has 2 aromatic rings. The Hall–Kier alpha value is -1.84. The van der Waals surface area contributed by atoms with E-state index in [1.54, 1.807) is 17.5 Å². The van der Waals surface area contributed by atoms with Gasteiger partial charge in [-0.15, -0.1) is 11.3 Å². The van der Waals surface area contributed by atoms with Gasteiger partial charge in [0.15, 0.2) is 6.10 Å². The molecule has 10 heteroatoms. The van der Waals surface area contributed by atoms with E-state index >= 15 is 0 Å². The molecule has 0 amide bonds. The van der Waals surface area contributed by atoms with Gasteiger partial charge in [0.2, 0.25) is 5.78 Å². The quantitative estimate of drug-likeness (QED) is 0.563. The van der Waals surface area contributed by atoms with Gasteiger partial charge in [0.1, 0.15) is 17.4 Å². The molecule has 0 saturated carbocycles. The van der Waals surface area contributed by atoms with Crippen molar-refractivity contribution in [3.63, 3.8) is 0 Å². The number of ether oxygens (including phenoxy) is 3. The van der Waals surface area contributed by atoms with Crippen LogP contribution in [0, 0.1) is 0 Å². The Bertz CT molecular complexity index is 814. The van der Waals surface area contributed by atoms with Gasteiger partial charge in [0.05, 0.1) is 9.90 Å². The molecule has 3 rings (SSSR count). The van der Waals surface area contributed by atoms with E-state index in [2.05, 4.69) is 9.47 Å². The Morgan fingerprint density at radius 2 is 2.00 bits per heavy atom. The van der Waals surface area contributed by atoms with E-state index in [-0.39, 0.29) is 27.1 Å². The maximum Gasteiger partial charge on any atom is 0.518 e. The molecule has 25 heavy (non-hydrogen) atoms. The Labute approximate surface area is 155 Å². The second-order valence-electron chi connectivity index (χ2n) is 4.96. The van der Waals surface area contributed by atoms with Gasteiger partial charge in [0.25, 0.3) is 0 Å². The van der Waals surface area contributed by atoms with E-state index in [0.29, 0.717) is 4.88 Å². The molecule has 0 aliphatic carbocycles. The van der Waals surface area contributed by atoms with Crippen molar-refractivity contribution in [1.29, 1.82) is 0 Å². The van der Waals surface area contributed by atoms with Crippen LogP contribution in [0.25, 0.3) is 0 Å². The summed E-state index contributed by atoms with van der Waals surface area (Å²) in [7, 11) is 0. The fraction of sp³-hybridized carbons (Fsp3) is 0.200. The number of carbonyl (C=O) groups excluding carboxylic acids is 2. The zero-order valence-corrected chi connectivity index (χ0v) is 14.6. The molecule has 1 fully saturated rings. The predicted octanol–water partition coefficient (Wildman–Crippen LogP) is 2.84. The number of halogens is 2. The van der Waals surface area contributed by atoms with Gasteiger partial charge in [-0.25, -0.2) is 4.79 Å². The monoisotopic (exact) mass is 404 g/mol. The molecular formula is C15H10Cl2O7S. The maximum absolute atomic E-state index is 12.4. The number of hydrogen-bond donors (Lipinski definition) is 2. The molecule has 2 N–H and O–H groups in total. The lowest BCUT2D eigenvalue weighted by Gasteiger charge is -2.36. The minimum atomic E-state index is -2.46. The lowest BCUT2D eigenvalue weighted by molar-refractivity contribution is -0.420. The number of aliphatic hydroxyl groups excluding tert-OH is 1. The molecule has 0 bridgehead atoms. The number of aliphatic hydroxyl groups is 2. The lowest BCUT2D eigenvalue weighted by Crippen LogP contribution is -2.59. The molecule has 1 aliphatic rings. The topological polar surface area (TPSA) is 102 Å². The van der Waals surface area contributed by atoms with Gasteiger partial charge >= 0.3 is 12.1 Å². The Balaban J connectivity index is 1.72. The van der Waals surface area contributed by atoms with Crippen LogP contribution in [-0.4, -0.2) is 40.8 Å². The number of thiophene rings is 1. The number of benzene rings is 1. The average molecular weight is 405 g/mol. The highest BCUT2D eigenvalue weighted by Gasteiger charge is 2.54. The fourth-order valence-corrected chi connectivity index (χ4v) is 3.15. The van der Waals surface area contributed by atoms with Crippen LogP contribution in [0.5, 0.6) is 5.75 Å². The SMILES string of the molecule is O=C1OC(O)(C(O)COc2ccc(C(=O)c3cccs3)c(Cl)c2Cl)O1. The molecule has 1 unspecified atom stereocenters. The average Bonchev–Trinajstić information content (AvgIpc) is 3.08. The third-order valence-electron chi connectivity index (χ3n) is 3.31. The first-order valence-electron chi connectivity index (χ1n) is 6.83. The highest BCUT2D eigenvalue weighted by molar-refractivity contribution is 7.12. The van der Waals surface area contributed by atoms with Gasteiger partial charge < -0.3 is 24.4 Å². The molecule has 1 aliphatic heterocycles. The van der Waals surface area contributed by atoms with Gasteiger partial charge in [-0.3, -0.25) is 4.79 Å². The van der Waals surface area contributed by atoms with Crippen molar-refractivity contribution in [2.24, 2.45) is 0 Å². The molecule has 1 saturated heterocycles. The Morgan fingerprint density at radius 1 is 1.28 bits per heavy atom. The summed E-state index contributed by atoms with van der Waals surface area (Å²) in [5.74, 6) is -2.66. The maximum atomic E-state index is 12.4. The van der Waals surface area contributed by atoms with Crippen LogP contribution >= 0.6 is 34.5 Å². The fourth-order valence-electron chi connectivity index (χ4n) is 2.02. The summed E-state index contributed by atoms with van der Waals surface area (Å²) in [4.78, 5) is 23.4. The first-order valence-corrected chi connectivity index (χ1v) is 8.47. The standard InChI is InChI=1S/C15H10Cl2O7S/c16-11-7(13(19)9-2-1-5-25-9)3-4-8(12(11)17)22-6-10(18)15(21)23-14(20)24-15/h1-5,10,18,21H,6H2. The van der Waals surface area contributed by atoms with Crippen LogP contribution in [0.4, 0.5) is 4.79 Å². The van der Waals surface area contributed by atoms with Crippen molar-refractivity contribution in [3.05, 3.63) is 50.1 Å². The third-order valence-corrected chi connectivity index (χ3v) is 5.05. The van der Waals surface area contributed by atoms with Crippen molar-refractivity contribution >= 4 is 46.5 Å². The smallest absolute Gasteiger partial charge is 0.489 e. The molecule has 1 aromatic carbocycles. The molecule has 1 aromatic heterocycles. The van der Waals surface area contributed by atoms with Gasteiger partial charge in [-0.2, -0.15) is 0 Å². The second-order valence-corrected chi connectivity index (χ2v) is 6.66. The van der Waals surface area contributed by atoms with Crippen LogP contribution < -0.4 is 4.74 Å². The van der Waals surface area contributed by atoms with E-state index in [9.17, 15) is 19.8 Å². The van der Waals surface area contributed by atoms with E-state index in [1.807, 2.05) is 0 Å². The van der Waals surface area contributed by atoms with Crippen molar-refractivity contribution in [2.45, 2.75) is 12.1 Å². The van der Waals surface area contributed by atoms with Crippen LogP contribution in [-0.2, 0) is 9.47 Å². The van der Waals surface area contributed by atoms with E-state index in [0.717, 1.165) is 0 Å². The number of cyclic esters (lactones) is 2. The van der Waals surface area contributed by atoms with Gasteiger partial charge in [-0.05, 0) is 23.6 Å². The van der Waals surface area contributed by atoms with Crippen LogP contribution in [0.1, 0.15) is 15.2 Å². The normalized spacial score (nSPS) is 16.4. The number of carbonyl (C=O) groups is 2. The molecule has 0 spiro atoms. The molecule has 132 valence electrons. The third kappa shape index (κ3) is 3.44. The van der Waals surface area contributed by atoms with Crippen LogP contribution in [0.3, 0.4) is 0 Å². The largest absolute Gasteiger partial charge is 0.518 e. The minimum absolute atomic E-state index is 0.00269. The highest BCUT2D eigenvalue weighted by Crippen LogP contribution is 2.36. The first-order chi connectivity index (χ1) is 11.8. The summed E-state index contributed by atoms with van der Waals surface area (Å²) in [5, 5.41) is 21.0. The summed E-state index contributed by atoms with van der Waals surface area (Å²) in [6.45, 7) is -0.502. The van der Waals surface area contributed by atoms with E-state index < -0.39 is 24.8 Å². The number of rotatable bonds is 6. The number of hydrogen-bond acceptors (Lipinski definition) is 8. The van der Waals surface area contributed by atoms with Crippen LogP contribution in [0.2, 0.25) is 10.0 Å². The summed E-state index contributed by atoms with van der Waals surface area (Å²) >= 11 is 13.5. The molecule has 7 nitrogen and oxygen atoms in total. The second kappa shape index (κ2) is 6.81. The van der Waals surface area contributed by atoms with Crippen molar-refractivity contribution < 1.29 is 34.0 Å². The number of ketones is 1. The summed E-state index contributed by atoms with van der Waals surface area (Å²) in [6.07, 6.45) is -2.79. The van der Waals surface area contributed by atoms with Crippen molar-refractivity contribution in [2.75, 3.05) is 6.61 Å². The predicted molar refractivity (Wildman–Crippen MR) is 88.2 cm³/mol. The molecule has 0 radical (unpaired) electrons. The van der Waals surface area contributed by atoms with Crippen molar-refractivity contribution in [3.8, 4) is 5.75 Å². The van der Waals surface area contributed by atoms with E-state index in [4.69, 9.17) is 27.9 Å². The van der Waals surface area contributed by atoms with Gasteiger partial charge in [0, 0.05) is 5.56 Å². The molecular weight excluding hydrogens is 395 g/mol. The zero-order valence-electron chi connectivity index (χ0n) is 12.3. The Kier molecular flexibility index (Phi) is 4.90. The molecule has 2 heterocycles. The molecule has 1 atom stereocenters. The zero-order chi connectivity index (χ0) is 18.2. The van der Waals surface area contributed by atoms with Gasteiger partial charge in [-0.1, -0.05) is 29.3 Å². The Morgan fingerprint density at radius 3 is 2.60 bits per heavy atom. The van der Waals surface area contributed by atoms with E-state index in [1.165, 1.54) is 23.5 Å². The minimum Gasteiger partial charge on any atom is -0.489 e.